The van der Waals surface area contributed by atoms with Crippen LogP contribution in [-0.4, -0.2) is 16.7 Å². The molecule has 2 aromatic heterocycles. The number of anilines is 1. The van der Waals surface area contributed by atoms with Gasteiger partial charge < -0.3 is 9.73 Å². The fraction of sp³-hybridized carbons (Fsp3) is 0.0667. The number of rotatable bonds is 4. The Bertz CT molecular complexity index is 788. The van der Waals surface area contributed by atoms with Crippen LogP contribution >= 0.6 is 0 Å². The Kier molecular flexibility index (Phi) is 3.33. The van der Waals surface area contributed by atoms with Crippen molar-refractivity contribution in [3.05, 3.63) is 64.9 Å². The lowest BCUT2D eigenvalue weighted by molar-refractivity contribution is 0.557. The predicted molar refractivity (Wildman–Crippen MR) is 78.6 cm³/mol. The number of aromatic nitrogens is 2. The summed E-state index contributed by atoms with van der Waals surface area (Å²) in [5.41, 5.74) is -0.183. The molecule has 2 heterocycles. The minimum atomic E-state index is -0.183. The molecule has 0 amide bonds. The monoisotopic (exact) mass is 267 g/mol. The second-order valence-electron chi connectivity index (χ2n) is 4.25. The van der Waals surface area contributed by atoms with Gasteiger partial charge in [-0.2, -0.15) is 5.10 Å². The molecule has 0 saturated heterocycles. The molecule has 0 aliphatic carbocycles. The smallest absolute Gasteiger partial charge is 0.272 e. The van der Waals surface area contributed by atoms with Gasteiger partial charge in [-0.3, -0.25) is 4.79 Å². The van der Waals surface area contributed by atoms with Crippen molar-refractivity contribution in [2.45, 2.75) is 0 Å². The van der Waals surface area contributed by atoms with Gasteiger partial charge in [0, 0.05) is 11.9 Å². The number of furan rings is 1. The van der Waals surface area contributed by atoms with Gasteiger partial charge in [-0.15, -0.1) is 0 Å². The topological polar surface area (TPSA) is 70.9 Å². The quantitative estimate of drug-likeness (QED) is 0.762. The maximum Gasteiger partial charge on any atom is 0.272 e. The molecule has 5 nitrogen and oxygen atoms in total. The SMILES string of the molecule is O=c1[nH]nc(NC/C=C/c2ccco2)c2ccccc12. The molecule has 5 heteroatoms. The van der Waals surface area contributed by atoms with Gasteiger partial charge in [0.2, 0.25) is 0 Å². The van der Waals surface area contributed by atoms with E-state index < -0.39 is 0 Å². The molecule has 0 saturated carbocycles. The van der Waals surface area contributed by atoms with Crippen molar-refractivity contribution >= 4 is 22.7 Å². The van der Waals surface area contributed by atoms with E-state index in [0.29, 0.717) is 17.7 Å². The van der Waals surface area contributed by atoms with Crippen molar-refractivity contribution in [3.63, 3.8) is 0 Å². The van der Waals surface area contributed by atoms with Crippen LogP contribution in [-0.2, 0) is 0 Å². The number of H-pyrrole nitrogens is 1. The van der Waals surface area contributed by atoms with Crippen LogP contribution in [0.25, 0.3) is 16.8 Å². The van der Waals surface area contributed by atoms with Gasteiger partial charge in [0.15, 0.2) is 5.82 Å². The number of hydrogen-bond acceptors (Lipinski definition) is 4. The lowest BCUT2D eigenvalue weighted by atomic mass is 10.2. The Hall–Kier alpha value is -2.82. The molecule has 3 rings (SSSR count). The highest BCUT2D eigenvalue weighted by atomic mass is 16.3. The van der Waals surface area contributed by atoms with E-state index in [1.165, 1.54) is 0 Å². The summed E-state index contributed by atoms with van der Waals surface area (Å²) >= 11 is 0. The van der Waals surface area contributed by atoms with E-state index >= 15 is 0 Å². The summed E-state index contributed by atoms with van der Waals surface area (Å²) < 4.78 is 5.19. The number of nitrogens with one attached hydrogen (secondary N) is 2. The Morgan fingerprint density at radius 1 is 1.20 bits per heavy atom. The number of hydrogen-bond donors (Lipinski definition) is 2. The lowest BCUT2D eigenvalue weighted by Gasteiger charge is -2.05. The van der Waals surface area contributed by atoms with E-state index in [9.17, 15) is 4.79 Å². The van der Waals surface area contributed by atoms with E-state index in [4.69, 9.17) is 4.42 Å². The van der Waals surface area contributed by atoms with Crippen molar-refractivity contribution in [1.29, 1.82) is 0 Å². The predicted octanol–water partition coefficient (Wildman–Crippen LogP) is 2.64. The highest BCUT2D eigenvalue weighted by Crippen LogP contribution is 2.16. The van der Waals surface area contributed by atoms with E-state index in [0.717, 1.165) is 11.1 Å². The summed E-state index contributed by atoms with van der Waals surface area (Å²) in [6.45, 7) is 0.587. The molecule has 1 aromatic carbocycles. The van der Waals surface area contributed by atoms with Crippen molar-refractivity contribution in [2.75, 3.05) is 11.9 Å². The maximum absolute atomic E-state index is 11.6. The molecule has 3 aromatic rings. The summed E-state index contributed by atoms with van der Waals surface area (Å²) in [6, 6.07) is 11.1. The van der Waals surface area contributed by atoms with E-state index in [2.05, 4.69) is 15.5 Å². The van der Waals surface area contributed by atoms with Crippen LogP contribution in [0.3, 0.4) is 0 Å². The Balaban J connectivity index is 1.78. The van der Waals surface area contributed by atoms with Crippen LogP contribution in [0.4, 0.5) is 5.82 Å². The highest BCUT2D eigenvalue weighted by molar-refractivity contribution is 5.90. The molecule has 0 aliphatic heterocycles. The van der Waals surface area contributed by atoms with Crippen LogP contribution in [0.1, 0.15) is 5.76 Å². The number of fused-ring (bicyclic) bond motifs is 1. The van der Waals surface area contributed by atoms with Crippen molar-refractivity contribution in [3.8, 4) is 0 Å². The standard InChI is InChI=1S/C15H13N3O2/c19-15-13-8-2-1-7-12(13)14(17-18-15)16-9-3-5-11-6-4-10-20-11/h1-8,10H,9H2,(H,16,17)(H,18,19)/b5-3+. The fourth-order valence-electron chi connectivity index (χ4n) is 1.97. The van der Waals surface area contributed by atoms with Crippen molar-refractivity contribution in [1.82, 2.24) is 10.2 Å². The van der Waals surface area contributed by atoms with E-state index in [-0.39, 0.29) is 5.56 Å². The van der Waals surface area contributed by atoms with Crippen molar-refractivity contribution < 1.29 is 4.42 Å². The van der Waals surface area contributed by atoms with Gasteiger partial charge >= 0.3 is 0 Å². The average Bonchev–Trinajstić information content (AvgIpc) is 2.99. The third-order valence-corrected chi connectivity index (χ3v) is 2.91. The summed E-state index contributed by atoms with van der Waals surface area (Å²) in [4.78, 5) is 11.6. The largest absolute Gasteiger partial charge is 0.465 e. The highest BCUT2D eigenvalue weighted by Gasteiger charge is 2.03. The number of aromatic amines is 1. The minimum absolute atomic E-state index is 0.183. The Labute approximate surface area is 114 Å². The first kappa shape index (κ1) is 12.2. The molecule has 0 atom stereocenters. The molecule has 100 valence electrons. The second-order valence-corrected chi connectivity index (χ2v) is 4.25. The second kappa shape index (κ2) is 5.44. The van der Waals surface area contributed by atoms with Crippen LogP contribution in [0.5, 0.6) is 0 Å². The molecule has 0 fully saturated rings. The first-order valence-electron chi connectivity index (χ1n) is 6.26. The van der Waals surface area contributed by atoms with Gasteiger partial charge in [-0.25, -0.2) is 5.10 Å². The van der Waals surface area contributed by atoms with Crippen LogP contribution in [0.2, 0.25) is 0 Å². The molecule has 20 heavy (non-hydrogen) atoms. The first-order chi connectivity index (χ1) is 9.84. The maximum atomic E-state index is 11.6. The number of nitrogens with zero attached hydrogens (tertiary/aromatic N) is 1. The minimum Gasteiger partial charge on any atom is -0.465 e. The van der Waals surface area contributed by atoms with Crippen LogP contribution in [0, 0.1) is 0 Å². The van der Waals surface area contributed by atoms with E-state index in [1.807, 2.05) is 42.5 Å². The Morgan fingerprint density at radius 3 is 2.85 bits per heavy atom. The molecule has 0 bridgehead atoms. The fourth-order valence-corrected chi connectivity index (χ4v) is 1.97. The molecular weight excluding hydrogens is 254 g/mol. The Morgan fingerprint density at radius 2 is 2.05 bits per heavy atom. The summed E-state index contributed by atoms with van der Waals surface area (Å²) in [6.07, 6.45) is 5.44. The molecule has 0 aliphatic rings. The first-order valence-corrected chi connectivity index (χ1v) is 6.26. The normalized spacial score (nSPS) is 11.2. The third-order valence-electron chi connectivity index (χ3n) is 2.91. The summed E-state index contributed by atoms with van der Waals surface area (Å²) in [7, 11) is 0. The molecule has 0 unspecified atom stereocenters. The third kappa shape index (κ3) is 2.47. The molecule has 0 radical (unpaired) electrons. The molecule has 2 N–H and O–H groups in total. The van der Waals surface area contributed by atoms with Crippen LogP contribution < -0.4 is 10.9 Å². The van der Waals surface area contributed by atoms with Gasteiger partial charge in [-0.1, -0.05) is 24.3 Å². The zero-order valence-electron chi connectivity index (χ0n) is 10.7. The van der Waals surface area contributed by atoms with Crippen LogP contribution in [0.15, 0.2) is 57.9 Å². The average molecular weight is 267 g/mol. The van der Waals surface area contributed by atoms with E-state index in [1.54, 1.807) is 12.3 Å². The van der Waals surface area contributed by atoms with Gasteiger partial charge in [-0.05, 0) is 24.3 Å². The van der Waals surface area contributed by atoms with Gasteiger partial charge in [0.05, 0.1) is 11.6 Å². The van der Waals surface area contributed by atoms with Gasteiger partial charge in [0.25, 0.3) is 5.56 Å². The van der Waals surface area contributed by atoms with Gasteiger partial charge in [0.1, 0.15) is 5.76 Å². The summed E-state index contributed by atoms with van der Waals surface area (Å²) in [5, 5.41) is 11.1. The van der Waals surface area contributed by atoms with Crippen molar-refractivity contribution in [2.24, 2.45) is 0 Å². The molecule has 0 spiro atoms. The zero-order valence-corrected chi connectivity index (χ0v) is 10.7. The summed E-state index contributed by atoms with van der Waals surface area (Å²) in [5.74, 6) is 1.45. The molecular formula is C15H13N3O2. The zero-order chi connectivity index (χ0) is 13.8. The number of benzene rings is 1. The lowest BCUT2D eigenvalue weighted by Crippen LogP contribution is -2.12.